The number of carbonyl (C=O) groups is 2. The van der Waals surface area contributed by atoms with E-state index in [0.717, 1.165) is 16.8 Å². The Morgan fingerprint density at radius 1 is 1.00 bits per heavy atom. The van der Waals surface area contributed by atoms with E-state index >= 15 is 0 Å². The first-order chi connectivity index (χ1) is 12.5. The lowest BCUT2D eigenvalue weighted by molar-refractivity contribution is -0.126. The normalized spacial score (nSPS) is 11.8. The molecule has 0 heterocycles. The van der Waals surface area contributed by atoms with Crippen LogP contribution in [0.3, 0.4) is 0 Å². The molecule has 0 aromatic heterocycles. The van der Waals surface area contributed by atoms with Gasteiger partial charge in [0.25, 0.3) is 0 Å². The Hall–Kier alpha value is -2.66. The van der Waals surface area contributed by atoms with E-state index in [4.69, 9.17) is 0 Å². The van der Waals surface area contributed by atoms with Crippen LogP contribution in [-0.2, 0) is 9.59 Å². The molecule has 0 bridgehead atoms. The Bertz CT molecular complexity index is 714. The number of likely N-dealkylation sites (N-methyl/N-ethyl adjacent to an activating group) is 2. The lowest BCUT2D eigenvalue weighted by atomic mass is 10.0. The molecule has 0 radical (unpaired) electrons. The van der Waals surface area contributed by atoms with Crippen LogP contribution in [0, 0.1) is 6.92 Å². The highest BCUT2D eigenvalue weighted by Gasteiger charge is 2.28. The molecular weight excluding hydrogens is 326 g/mol. The van der Waals surface area contributed by atoms with Gasteiger partial charge in [-0.2, -0.15) is 0 Å². The molecule has 138 valence electrons. The zero-order chi connectivity index (χ0) is 18.9. The highest BCUT2D eigenvalue weighted by Crippen LogP contribution is 2.23. The van der Waals surface area contributed by atoms with E-state index in [-0.39, 0.29) is 18.4 Å². The second-order valence-electron chi connectivity index (χ2n) is 6.19. The molecule has 0 saturated carbocycles. The number of amides is 2. The number of rotatable bonds is 8. The first-order valence-electron chi connectivity index (χ1n) is 8.98. The SMILES string of the molecule is CCNC(=O)CN(CC)[C@@H](C(=O)Nc1ccc(C)cc1)c1ccccc1. The van der Waals surface area contributed by atoms with Crippen LogP contribution in [0.5, 0.6) is 0 Å². The Kier molecular flexibility index (Phi) is 7.36. The highest BCUT2D eigenvalue weighted by atomic mass is 16.2. The van der Waals surface area contributed by atoms with Crippen LogP contribution in [-0.4, -0.2) is 36.3 Å². The molecule has 5 heteroatoms. The minimum Gasteiger partial charge on any atom is -0.355 e. The van der Waals surface area contributed by atoms with Crippen molar-refractivity contribution in [3.63, 3.8) is 0 Å². The molecule has 0 aliphatic carbocycles. The van der Waals surface area contributed by atoms with E-state index in [1.807, 2.05) is 80.3 Å². The number of nitrogens with zero attached hydrogens (tertiary/aromatic N) is 1. The number of carbonyl (C=O) groups excluding carboxylic acids is 2. The lowest BCUT2D eigenvalue weighted by Crippen LogP contribution is -2.43. The zero-order valence-corrected chi connectivity index (χ0v) is 15.7. The molecule has 0 unspecified atom stereocenters. The van der Waals surface area contributed by atoms with E-state index in [9.17, 15) is 9.59 Å². The molecule has 2 amide bonds. The summed E-state index contributed by atoms with van der Waals surface area (Å²) in [6.45, 7) is 7.16. The predicted molar refractivity (Wildman–Crippen MR) is 105 cm³/mol. The maximum absolute atomic E-state index is 13.1. The largest absolute Gasteiger partial charge is 0.355 e. The molecular formula is C21H27N3O2. The lowest BCUT2D eigenvalue weighted by Gasteiger charge is -2.29. The molecule has 0 fully saturated rings. The molecule has 0 saturated heterocycles. The van der Waals surface area contributed by atoms with Crippen LogP contribution < -0.4 is 10.6 Å². The van der Waals surface area contributed by atoms with Crippen LogP contribution in [0.25, 0.3) is 0 Å². The standard InChI is InChI=1S/C21H27N3O2/c1-4-22-19(25)15-24(5-2)20(17-9-7-6-8-10-17)21(26)23-18-13-11-16(3)12-14-18/h6-14,20H,4-5,15H2,1-3H3,(H,22,25)(H,23,26)/t20-/m1/s1. The summed E-state index contributed by atoms with van der Waals surface area (Å²) >= 11 is 0. The molecule has 5 nitrogen and oxygen atoms in total. The second-order valence-corrected chi connectivity index (χ2v) is 6.19. The van der Waals surface area contributed by atoms with Gasteiger partial charge in [-0.15, -0.1) is 0 Å². The topological polar surface area (TPSA) is 61.4 Å². The van der Waals surface area contributed by atoms with Gasteiger partial charge in [0, 0.05) is 12.2 Å². The fourth-order valence-corrected chi connectivity index (χ4v) is 2.83. The monoisotopic (exact) mass is 353 g/mol. The van der Waals surface area contributed by atoms with E-state index in [1.54, 1.807) is 0 Å². The predicted octanol–water partition coefficient (Wildman–Crippen LogP) is 3.13. The Balaban J connectivity index is 2.26. The first kappa shape index (κ1) is 19.7. The summed E-state index contributed by atoms with van der Waals surface area (Å²) in [6, 6.07) is 16.7. The average Bonchev–Trinajstić information content (AvgIpc) is 2.64. The summed E-state index contributed by atoms with van der Waals surface area (Å²) in [6.07, 6.45) is 0. The molecule has 2 aromatic rings. The number of hydrogen-bond acceptors (Lipinski definition) is 3. The van der Waals surface area contributed by atoms with Crippen molar-refractivity contribution < 1.29 is 9.59 Å². The third kappa shape index (κ3) is 5.43. The molecule has 2 aromatic carbocycles. The maximum Gasteiger partial charge on any atom is 0.246 e. The summed E-state index contributed by atoms with van der Waals surface area (Å²) in [5.41, 5.74) is 2.74. The number of hydrogen-bond donors (Lipinski definition) is 2. The van der Waals surface area contributed by atoms with Crippen LogP contribution in [0.1, 0.15) is 31.0 Å². The van der Waals surface area contributed by atoms with Gasteiger partial charge in [0.15, 0.2) is 0 Å². The fraction of sp³-hybridized carbons (Fsp3) is 0.333. The molecule has 2 rings (SSSR count). The van der Waals surface area contributed by atoms with E-state index in [2.05, 4.69) is 10.6 Å². The minimum atomic E-state index is -0.537. The van der Waals surface area contributed by atoms with E-state index in [1.165, 1.54) is 0 Å². The van der Waals surface area contributed by atoms with Gasteiger partial charge in [0.1, 0.15) is 6.04 Å². The highest BCUT2D eigenvalue weighted by molar-refractivity contribution is 5.96. The van der Waals surface area contributed by atoms with Crippen molar-refractivity contribution in [3.8, 4) is 0 Å². The van der Waals surface area contributed by atoms with Crippen molar-refractivity contribution in [2.24, 2.45) is 0 Å². The van der Waals surface area contributed by atoms with Gasteiger partial charge in [0.2, 0.25) is 11.8 Å². The molecule has 1 atom stereocenters. The molecule has 0 aliphatic rings. The van der Waals surface area contributed by atoms with E-state index in [0.29, 0.717) is 13.1 Å². The quantitative estimate of drug-likeness (QED) is 0.766. The van der Waals surface area contributed by atoms with Crippen LogP contribution in [0.2, 0.25) is 0 Å². The third-order valence-corrected chi connectivity index (χ3v) is 4.17. The number of anilines is 1. The summed E-state index contributed by atoms with van der Waals surface area (Å²) in [5, 5.41) is 5.77. The fourth-order valence-electron chi connectivity index (χ4n) is 2.83. The molecule has 2 N–H and O–H groups in total. The van der Waals surface area contributed by atoms with Crippen molar-refractivity contribution in [2.45, 2.75) is 26.8 Å². The smallest absolute Gasteiger partial charge is 0.246 e. The number of aryl methyl sites for hydroxylation is 1. The first-order valence-corrected chi connectivity index (χ1v) is 8.98. The number of benzene rings is 2. The minimum absolute atomic E-state index is 0.0848. The Morgan fingerprint density at radius 3 is 2.23 bits per heavy atom. The van der Waals surface area contributed by atoms with Gasteiger partial charge in [0.05, 0.1) is 6.54 Å². The van der Waals surface area contributed by atoms with Crippen LogP contribution >= 0.6 is 0 Å². The van der Waals surface area contributed by atoms with Crippen molar-refractivity contribution in [1.82, 2.24) is 10.2 Å². The summed E-state index contributed by atoms with van der Waals surface area (Å²) in [4.78, 5) is 27.0. The summed E-state index contributed by atoms with van der Waals surface area (Å²) in [7, 11) is 0. The molecule has 0 aliphatic heterocycles. The van der Waals surface area contributed by atoms with E-state index < -0.39 is 6.04 Å². The third-order valence-electron chi connectivity index (χ3n) is 4.17. The van der Waals surface area contributed by atoms with Crippen LogP contribution in [0.4, 0.5) is 5.69 Å². The Morgan fingerprint density at radius 2 is 1.65 bits per heavy atom. The summed E-state index contributed by atoms with van der Waals surface area (Å²) in [5.74, 6) is -0.232. The average molecular weight is 353 g/mol. The maximum atomic E-state index is 13.1. The number of nitrogens with one attached hydrogen (secondary N) is 2. The summed E-state index contributed by atoms with van der Waals surface area (Å²) < 4.78 is 0. The Labute approximate surface area is 155 Å². The van der Waals surface area contributed by atoms with Crippen molar-refractivity contribution in [3.05, 3.63) is 65.7 Å². The van der Waals surface area contributed by atoms with Gasteiger partial charge in [-0.25, -0.2) is 0 Å². The van der Waals surface area contributed by atoms with Crippen molar-refractivity contribution >= 4 is 17.5 Å². The van der Waals surface area contributed by atoms with Gasteiger partial charge >= 0.3 is 0 Å². The van der Waals surface area contributed by atoms with Gasteiger partial charge < -0.3 is 10.6 Å². The van der Waals surface area contributed by atoms with Crippen LogP contribution in [0.15, 0.2) is 54.6 Å². The van der Waals surface area contributed by atoms with Gasteiger partial charge in [-0.05, 0) is 38.1 Å². The van der Waals surface area contributed by atoms with Gasteiger partial charge in [-0.1, -0.05) is 55.0 Å². The van der Waals surface area contributed by atoms with Gasteiger partial charge in [-0.3, -0.25) is 14.5 Å². The molecule has 26 heavy (non-hydrogen) atoms. The second kappa shape index (κ2) is 9.73. The van der Waals surface area contributed by atoms with Crippen molar-refractivity contribution in [2.75, 3.05) is 25.0 Å². The zero-order valence-electron chi connectivity index (χ0n) is 15.7. The molecule has 0 spiro atoms. The van der Waals surface area contributed by atoms with Crippen molar-refractivity contribution in [1.29, 1.82) is 0 Å².